The Kier molecular flexibility index (Phi) is 8.11. The van der Waals surface area contributed by atoms with Crippen LogP contribution in [-0.2, 0) is 28.7 Å². The van der Waals surface area contributed by atoms with E-state index in [0.717, 1.165) is 11.5 Å². The zero-order valence-electron chi connectivity index (χ0n) is 18.8. The number of rotatable bonds is 11. The number of nitrogens with zero attached hydrogens (tertiary/aromatic N) is 6. The fourth-order valence-corrected chi connectivity index (χ4v) is 5.14. The van der Waals surface area contributed by atoms with Gasteiger partial charge in [-0.2, -0.15) is 9.36 Å². The molecule has 0 aliphatic carbocycles. The summed E-state index contributed by atoms with van der Waals surface area (Å²) in [6.07, 6.45) is 1.41. The topological polar surface area (TPSA) is 184 Å². The number of hydrogen-bond acceptors (Lipinski definition) is 15. The van der Waals surface area contributed by atoms with Gasteiger partial charge in [-0.05, 0) is 6.92 Å². The van der Waals surface area contributed by atoms with Gasteiger partial charge in [0.25, 0.3) is 11.8 Å². The van der Waals surface area contributed by atoms with Crippen molar-refractivity contribution < 1.29 is 28.7 Å². The second kappa shape index (κ2) is 11.4. The highest BCUT2D eigenvalue weighted by atomic mass is 32.2. The third-order valence-electron chi connectivity index (χ3n) is 4.79. The molecule has 0 unspecified atom stereocenters. The van der Waals surface area contributed by atoms with Crippen LogP contribution in [0.3, 0.4) is 0 Å². The van der Waals surface area contributed by atoms with Crippen LogP contribution in [0.1, 0.15) is 12.7 Å². The van der Waals surface area contributed by atoms with E-state index in [-0.39, 0.29) is 53.7 Å². The number of thioether (sulfide) groups is 1. The Morgan fingerprint density at radius 3 is 3.00 bits per heavy atom. The Balaban J connectivity index is 1.52. The fourth-order valence-electron chi connectivity index (χ4n) is 3.27. The van der Waals surface area contributed by atoms with E-state index in [4.69, 9.17) is 20.0 Å². The Morgan fingerprint density at radius 2 is 2.33 bits per heavy atom. The molecule has 190 valence electrons. The normalized spacial score (nSPS) is 19.2. The van der Waals surface area contributed by atoms with Gasteiger partial charge in [-0.25, -0.2) is 4.79 Å². The van der Waals surface area contributed by atoms with E-state index < -0.39 is 29.9 Å². The summed E-state index contributed by atoms with van der Waals surface area (Å²) in [7, 11) is 0. The van der Waals surface area contributed by atoms with Crippen molar-refractivity contribution in [3.8, 4) is 0 Å². The van der Waals surface area contributed by atoms with Gasteiger partial charge in [0.2, 0.25) is 11.5 Å². The average molecular weight is 553 g/mol. The highest BCUT2D eigenvalue weighted by Gasteiger charge is 2.55. The molecule has 1 fully saturated rings. The minimum atomic E-state index is -0.986. The van der Waals surface area contributed by atoms with E-state index >= 15 is 0 Å². The van der Waals surface area contributed by atoms with Crippen molar-refractivity contribution in [2.24, 2.45) is 5.16 Å². The molecule has 36 heavy (non-hydrogen) atoms. The van der Waals surface area contributed by atoms with Gasteiger partial charge in [-0.3, -0.25) is 14.5 Å². The van der Waals surface area contributed by atoms with Crippen molar-refractivity contribution in [1.29, 1.82) is 0 Å². The maximum atomic E-state index is 13.1. The highest BCUT2D eigenvalue weighted by molar-refractivity contribution is 8.01. The number of carbonyl (C=O) groups excluding carboxylic acids is 3. The number of ether oxygens (including phenoxy) is 2. The molecule has 2 aromatic heterocycles. The lowest BCUT2D eigenvalue weighted by Crippen LogP contribution is -2.73. The van der Waals surface area contributed by atoms with Crippen LogP contribution in [0.25, 0.3) is 0 Å². The van der Waals surface area contributed by atoms with Crippen molar-refractivity contribution >= 4 is 63.3 Å². The van der Waals surface area contributed by atoms with Gasteiger partial charge >= 0.3 is 5.97 Å². The number of β-lactam (4-membered cyclic amide) rings is 1. The van der Waals surface area contributed by atoms with E-state index in [1.165, 1.54) is 34.1 Å². The summed E-state index contributed by atoms with van der Waals surface area (Å²) in [6.45, 7) is 5.41. The Hall–Kier alpha value is -3.57. The van der Waals surface area contributed by atoms with Crippen molar-refractivity contribution in [3.05, 3.63) is 35.4 Å². The standard InChI is InChI=1S/C19H20N8O6S3/c1-3-5-31-17(30)13-10(7-34-19-24-21-8-35-19)32-6-9-11(16(29)27(9)13)22-15(28)12(25-33-4-2)14-23-18(20)36-26-14/h3,8-9,11H,1,4-7H2,2H3,(H,22,28)(H2,20,23,26)/b25-12-/t9-,11+/m1/s1. The fraction of sp³-hybridized carbons (Fsp3) is 0.368. The average Bonchev–Trinajstić information content (AvgIpc) is 3.56. The van der Waals surface area contributed by atoms with Gasteiger partial charge in [0.15, 0.2) is 15.2 Å². The molecule has 3 N–H and O–H groups in total. The summed E-state index contributed by atoms with van der Waals surface area (Å²) >= 11 is 3.52. The number of aromatic nitrogens is 4. The molecule has 14 nitrogen and oxygen atoms in total. The van der Waals surface area contributed by atoms with Crippen LogP contribution in [0.15, 0.2) is 39.1 Å². The van der Waals surface area contributed by atoms with E-state index in [0.29, 0.717) is 4.34 Å². The number of oxime groups is 1. The SMILES string of the molecule is C=CCOC(=O)C1=C(CSc2nncs2)OC[C@@H]2[C@H](NC(=O)/C(=N\OCC)c3nsc(N)n3)C(=O)N12. The third-order valence-corrected chi connectivity index (χ3v) is 7.19. The molecule has 4 rings (SSSR count). The Labute approximate surface area is 216 Å². The molecule has 1 saturated heterocycles. The monoisotopic (exact) mass is 552 g/mol. The maximum Gasteiger partial charge on any atom is 0.358 e. The lowest BCUT2D eigenvalue weighted by atomic mass is 9.92. The Bertz CT molecular complexity index is 1210. The number of nitrogens with two attached hydrogens (primary N) is 1. The first-order valence-electron chi connectivity index (χ1n) is 10.4. The largest absolute Gasteiger partial charge is 0.492 e. The van der Waals surface area contributed by atoms with Crippen molar-refractivity contribution in [2.75, 3.05) is 31.3 Å². The maximum absolute atomic E-state index is 13.1. The first kappa shape index (κ1) is 25.5. The van der Waals surface area contributed by atoms with Crippen LogP contribution in [0, 0.1) is 0 Å². The molecule has 0 spiro atoms. The lowest BCUT2D eigenvalue weighted by Gasteiger charge is -2.49. The van der Waals surface area contributed by atoms with Crippen molar-refractivity contribution in [3.63, 3.8) is 0 Å². The minimum Gasteiger partial charge on any atom is -0.492 e. The zero-order chi connectivity index (χ0) is 25.7. The number of nitrogen functional groups attached to an aromatic ring is 1. The first-order valence-corrected chi connectivity index (χ1v) is 13.0. The Morgan fingerprint density at radius 1 is 1.50 bits per heavy atom. The van der Waals surface area contributed by atoms with Crippen LogP contribution in [-0.4, -0.2) is 85.6 Å². The summed E-state index contributed by atoms with van der Waals surface area (Å²) < 4.78 is 15.7. The molecular weight excluding hydrogens is 532 g/mol. The van der Waals surface area contributed by atoms with E-state index in [1.807, 2.05) is 0 Å². The predicted octanol–water partition coefficient (Wildman–Crippen LogP) is 0.171. The van der Waals surface area contributed by atoms with E-state index in [9.17, 15) is 14.4 Å². The molecule has 0 radical (unpaired) electrons. The van der Waals surface area contributed by atoms with E-state index in [2.05, 4.69) is 36.6 Å². The second-order valence-electron chi connectivity index (χ2n) is 7.00. The van der Waals surface area contributed by atoms with Gasteiger partial charge in [-0.1, -0.05) is 40.9 Å². The van der Waals surface area contributed by atoms with Crippen LogP contribution < -0.4 is 11.1 Å². The third kappa shape index (κ3) is 5.31. The molecule has 0 bridgehead atoms. The molecular formula is C19H20N8O6S3. The van der Waals surface area contributed by atoms with Crippen molar-refractivity contribution in [1.82, 2.24) is 29.8 Å². The molecule has 2 atom stereocenters. The summed E-state index contributed by atoms with van der Waals surface area (Å²) in [5.41, 5.74) is 6.94. The molecule has 0 saturated carbocycles. The first-order chi connectivity index (χ1) is 17.4. The number of anilines is 1. The number of esters is 1. The predicted molar refractivity (Wildman–Crippen MR) is 130 cm³/mol. The number of fused-ring (bicyclic) bond motifs is 1. The van der Waals surface area contributed by atoms with Crippen molar-refractivity contribution in [2.45, 2.75) is 23.3 Å². The molecule has 4 heterocycles. The van der Waals surface area contributed by atoms with Crippen LogP contribution in [0.5, 0.6) is 0 Å². The van der Waals surface area contributed by atoms with Crippen LogP contribution in [0.4, 0.5) is 5.13 Å². The molecule has 17 heteroatoms. The molecule has 2 aliphatic rings. The number of carbonyl (C=O) groups is 3. The lowest BCUT2D eigenvalue weighted by molar-refractivity contribution is -0.161. The second-order valence-corrected chi connectivity index (χ2v) is 9.84. The van der Waals surface area contributed by atoms with Gasteiger partial charge in [0, 0.05) is 11.5 Å². The summed E-state index contributed by atoms with van der Waals surface area (Å²) in [4.78, 5) is 49.1. The molecule has 2 aromatic rings. The quantitative estimate of drug-likeness (QED) is 0.0963. The van der Waals surface area contributed by atoms with Gasteiger partial charge in [-0.15, -0.1) is 10.2 Å². The highest BCUT2D eigenvalue weighted by Crippen LogP contribution is 2.35. The van der Waals surface area contributed by atoms with Gasteiger partial charge in [0.1, 0.15) is 43.2 Å². The summed E-state index contributed by atoms with van der Waals surface area (Å²) in [6, 6.07) is -1.63. The summed E-state index contributed by atoms with van der Waals surface area (Å²) in [5, 5.41) is 14.2. The van der Waals surface area contributed by atoms with Gasteiger partial charge < -0.3 is 25.4 Å². The zero-order valence-corrected chi connectivity index (χ0v) is 21.2. The molecule has 2 amide bonds. The smallest absolute Gasteiger partial charge is 0.358 e. The number of amides is 2. The number of hydrogen-bond donors (Lipinski definition) is 2. The van der Waals surface area contributed by atoms with E-state index in [1.54, 1.807) is 12.4 Å². The summed E-state index contributed by atoms with van der Waals surface area (Å²) in [5.74, 6) is -1.54. The molecule has 2 aliphatic heterocycles. The molecule has 0 aromatic carbocycles. The minimum absolute atomic E-state index is 0.0298. The van der Waals surface area contributed by atoms with Crippen LogP contribution in [0.2, 0.25) is 0 Å². The van der Waals surface area contributed by atoms with Gasteiger partial charge in [0.05, 0.1) is 5.75 Å². The number of nitrogens with one attached hydrogen (secondary N) is 1. The van der Waals surface area contributed by atoms with Crippen LogP contribution >= 0.6 is 34.6 Å².